The van der Waals surface area contributed by atoms with E-state index >= 15 is 0 Å². The number of carbonyl (C=O) groups is 1. The Kier molecular flexibility index (Phi) is 2.42. The molecule has 0 saturated carbocycles. The fraction of sp³-hybridized carbons (Fsp3) is 0. The molecule has 1 rings (SSSR count). The summed E-state index contributed by atoms with van der Waals surface area (Å²) in [5, 5.41) is 8.27. The molecular formula is C8H7NO3. The highest BCUT2D eigenvalue weighted by molar-refractivity contribution is 5.85. The lowest BCUT2D eigenvalue weighted by atomic mass is 10.2. The maximum absolute atomic E-state index is 10.9. The number of aliphatic carboxylic acids is 1. The van der Waals surface area contributed by atoms with Crippen LogP contribution in [0.4, 0.5) is 0 Å². The summed E-state index contributed by atoms with van der Waals surface area (Å²) in [5.41, 5.74) is 0.0369. The van der Waals surface area contributed by atoms with Crippen LogP contribution in [-0.2, 0) is 4.79 Å². The first-order chi connectivity index (χ1) is 5.70. The molecule has 0 aliphatic rings. The fourth-order valence-corrected chi connectivity index (χ4v) is 0.727. The average Bonchev–Trinajstić information content (AvgIpc) is 2.03. The predicted molar refractivity (Wildman–Crippen MR) is 43.7 cm³/mol. The number of hydrogen-bond acceptors (Lipinski definition) is 2. The Bertz CT molecular complexity index is 365. The van der Waals surface area contributed by atoms with Crippen molar-refractivity contribution in [1.29, 1.82) is 0 Å². The van der Waals surface area contributed by atoms with E-state index in [1.807, 2.05) is 0 Å². The number of H-pyrrole nitrogens is 1. The average molecular weight is 165 g/mol. The number of aromatic nitrogens is 1. The normalized spacial score (nSPS) is 10.3. The highest BCUT2D eigenvalue weighted by Crippen LogP contribution is 1.91. The molecule has 0 fully saturated rings. The molecule has 0 radical (unpaired) electrons. The minimum Gasteiger partial charge on any atom is -0.478 e. The van der Waals surface area contributed by atoms with Crippen molar-refractivity contribution in [1.82, 2.24) is 4.98 Å². The molecule has 0 unspecified atom stereocenters. The summed E-state index contributed by atoms with van der Waals surface area (Å²) in [6.45, 7) is 0. The lowest BCUT2D eigenvalue weighted by Crippen LogP contribution is -2.07. The maximum Gasteiger partial charge on any atom is 0.328 e. The summed E-state index contributed by atoms with van der Waals surface area (Å²) in [6.07, 6.45) is 3.66. The summed E-state index contributed by atoms with van der Waals surface area (Å²) in [6, 6.07) is 3.17. The summed E-state index contributed by atoms with van der Waals surface area (Å²) >= 11 is 0. The van der Waals surface area contributed by atoms with E-state index in [2.05, 4.69) is 4.98 Å². The smallest absolute Gasteiger partial charge is 0.328 e. The molecule has 1 heterocycles. The SMILES string of the molecule is O=C(O)C=Cc1ccc[nH]c1=O. The van der Waals surface area contributed by atoms with Crippen molar-refractivity contribution < 1.29 is 9.90 Å². The summed E-state index contributed by atoms with van der Waals surface area (Å²) in [5.74, 6) is -1.07. The Morgan fingerprint density at radius 3 is 2.92 bits per heavy atom. The first kappa shape index (κ1) is 8.26. The minimum atomic E-state index is -1.07. The van der Waals surface area contributed by atoms with Gasteiger partial charge in [-0.3, -0.25) is 4.79 Å². The molecule has 1 aromatic heterocycles. The quantitative estimate of drug-likeness (QED) is 0.626. The van der Waals surface area contributed by atoms with E-state index in [9.17, 15) is 9.59 Å². The van der Waals surface area contributed by atoms with Crippen LogP contribution in [0.1, 0.15) is 5.56 Å². The third-order valence-corrected chi connectivity index (χ3v) is 1.25. The lowest BCUT2D eigenvalue weighted by Gasteiger charge is -1.87. The molecule has 1 aromatic rings. The zero-order chi connectivity index (χ0) is 8.97. The molecule has 0 saturated heterocycles. The predicted octanol–water partition coefficient (Wildman–Crippen LogP) is 0.473. The molecule has 2 N–H and O–H groups in total. The summed E-state index contributed by atoms with van der Waals surface area (Å²) in [7, 11) is 0. The monoisotopic (exact) mass is 165 g/mol. The van der Waals surface area contributed by atoms with Crippen LogP contribution in [0.25, 0.3) is 6.08 Å². The van der Waals surface area contributed by atoms with E-state index in [-0.39, 0.29) is 5.56 Å². The molecule has 4 nitrogen and oxygen atoms in total. The van der Waals surface area contributed by atoms with Crippen LogP contribution >= 0.6 is 0 Å². The Morgan fingerprint density at radius 1 is 1.58 bits per heavy atom. The highest BCUT2D eigenvalue weighted by Gasteiger charge is 1.92. The highest BCUT2D eigenvalue weighted by atomic mass is 16.4. The van der Waals surface area contributed by atoms with E-state index in [0.717, 1.165) is 6.08 Å². The van der Waals surface area contributed by atoms with E-state index in [0.29, 0.717) is 5.56 Å². The molecule has 0 aliphatic heterocycles. The fourth-order valence-electron chi connectivity index (χ4n) is 0.727. The second-order valence-electron chi connectivity index (χ2n) is 2.13. The van der Waals surface area contributed by atoms with Gasteiger partial charge in [0.15, 0.2) is 0 Å². The van der Waals surface area contributed by atoms with E-state index in [1.54, 1.807) is 6.07 Å². The number of carboxylic acids is 1. The van der Waals surface area contributed by atoms with Crippen molar-refractivity contribution in [3.8, 4) is 0 Å². The van der Waals surface area contributed by atoms with E-state index < -0.39 is 5.97 Å². The third kappa shape index (κ3) is 2.09. The Morgan fingerprint density at radius 2 is 2.33 bits per heavy atom. The van der Waals surface area contributed by atoms with Crippen molar-refractivity contribution in [2.75, 3.05) is 0 Å². The number of nitrogens with one attached hydrogen (secondary N) is 1. The Labute approximate surface area is 68.2 Å². The zero-order valence-corrected chi connectivity index (χ0v) is 6.15. The Hall–Kier alpha value is -1.84. The zero-order valence-electron chi connectivity index (χ0n) is 6.15. The van der Waals surface area contributed by atoms with Crippen molar-refractivity contribution in [3.05, 3.63) is 40.3 Å². The van der Waals surface area contributed by atoms with Crippen LogP contribution in [0.15, 0.2) is 29.2 Å². The summed E-state index contributed by atoms with van der Waals surface area (Å²) in [4.78, 5) is 23.4. The van der Waals surface area contributed by atoms with Gasteiger partial charge in [-0.1, -0.05) is 0 Å². The second kappa shape index (κ2) is 3.52. The van der Waals surface area contributed by atoms with Gasteiger partial charge in [0.2, 0.25) is 0 Å². The van der Waals surface area contributed by atoms with Gasteiger partial charge in [0, 0.05) is 17.8 Å². The topological polar surface area (TPSA) is 70.2 Å². The van der Waals surface area contributed by atoms with Crippen LogP contribution in [0.3, 0.4) is 0 Å². The molecular weight excluding hydrogens is 158 g/mol. The van der Waals surface area contributed by atoms with Gasteiger partial charge in [0.1, 0.15) is 0 Å². The van der Waals surface area contributed by atoms with Crippen LogP contribution in [-0.4, -0.2) is 16.1 Å². The lowest BCUT2D eigenvalue weighted by molar-refractivity contribution is -0.131. The number of carboxylic acid groups (broad SMARTS) is 1. The number of hydrogen-bond donors (Lipinski definition) is 2. The van der Waals surface area contributed by atoms with Crippen LogP contribution in [0, 0.1) is 0 Å². The first-order valence-corrected chi connectivity index (χ1v) is 3.29. The van der Waals surface area contributed by atoms with Gasteiger partial charge in [-0.25, -0.2) is 4.79 Å². The second-order valence-corrected chi connectivity index (χ2v) is 2.13. The molecule has 0 aromatic carbocycles. The van der Waals surface area contributed by atoms with Gasteiger partial charge in [0.25, 0.3) is 5.56 Å². The molecule has 4 heteroatoms. The molecule has 0 atom stereocenters. The van der Waals surface area contributed by atoms with Crippen molar-refractivity contribution >= 4 is 12.0 Å². The molecule has 0 bridgehead atoms. The maximum atomic E-state index is 10.9. The molecule has 0 amide bonds. The van der Waals surface area contributed by atoms with Gasteiger partial charge in [-0.05, 0) is 18.2 Å². The van der Waals surface area contributed by atoms with E-state index in [4.69, 9.17) is 5.11 Å². The van der Waals surface area contributed by atoms with Gasteiger partial charge in [-0.2, -0.15) is 0 Å². The number of rotatable bonds is 2. The Balaban J connectivity index is 2.97. The number of pyridine rings is 1. The van der Waals surface area contributed by atoms with E-state index in [1.165, 1.54) is 18.3 Å². The van der Waals surface area contributed by atoms with Crippen molar-refractivity contribution in [2.45, 2.75) is 0 Å². The summed E-state index contributed by atoms with van der Waals surface area (Å²) < 4.78 is 0. The van der Waals surface area contributed by atoms with Gasteiger partial charge < -0.3 is 10.1 Å². The first-order valence-electron chi connectivity index (χ1n) is 3.29. The molecule has 0 spiro atoms. The van der Waals surface area contributed by atoms with Gasteiger partial charge in [-0.15, -0.1) is 0 Å². The van der Waals surface area contributed by atoms with Crippen LogP contribution in [0.2, 0.25) is 0 Å². The largest absolute Gasteiger partial charge is 0.478 e. The standard InChI is InChI=1S/C8H7NO3/c10-7(11)4-3-6-2-1-5-9-8(6)12/h1-5H,(H,9,12)(H,10,11). The minimum absolute atomic E-state index is 0.296. The van der Waals surface area contributed by atoms with Crippen molar-refractivity contribution in [2.24, 2.45) is 0 Å². The number of aromatic amines is 1. The molecule has 12 heavy (non-hydrogen) atoms. The molecule has 62 valence electrons. The van der Waals surface area contributed by atoms with Crippen LogP contribution < -0.4 is 5.56 Å². The molecule has 0 aliphatic carbocycles. The van der Waals surface area contributed by atoms with Gasteiger partial charge in [0.05, 0.1) is 0 Å². The van der Waals surface area contributed by atoms with Crippen molar-refractivity contribution in [3.63, 3.8) is 0 Å². The van der Waals surface area contributed by atoms with Gasteiger partial charge >= 0.3 is 5.97 Å². The third-order valence-electron chi connectivity index (χ3n) is 1.25. The van der Waals surface area contributed by atoms with Crippen LogP contribution in [0.5, 0.6) is 0 Å².